The molecule has 0 saturated heterocycles. The predicted molar refractivity (Wildman–Crippen MR) is 320 cm³/mol. The van der Waals surface area contributed by atoms with Gasteiger partial charge in [0.2, 0.25) is 0 Å². The van der Waals surface area contributed by atoms with Crippen LogP contribution in [0.25, 0.3) is 0 Å². The Bertz CT molecular complexity index is 1600. The fourth-order valence-electron chi connectivity index (χ4n) is 7.90. The van der Waals surface area contributed by atoms with Crippen LogP contribution in [0.3, 0.4) is 0 Å². The van der Waals surface area contributed by atoms with Crippen molar-refractivity contribution in [2.24, 2.45) is 0 Å². The third kappa shape index (κ3) is 58.4. The number of unbranched alkanes of at least 4 members (excludes halogenated alkanes) is 20. The Kier molecular flexibility index (Phi) is 57.4. The molecule has 0 bridgehead atoms. The zero-order valence-corrected chi connectivity index (χ0v) is 47.8. The number of carbonyl (C=O) groups is 3. The smallest absolute Gasteiger partial charge is 0.306 e. The standard InChI is InChI=1S/C68H110O6/c1-4-7-10-13-16-19-22-25-27-29-31-32-33-34-35-36-38-39-41-43-46-49-52-55-58-61-67(70)73-64-65(63-72-66(69)60-57-54-51-48-45-24-21-18-15-12-9-6-3)74-68(71)62-59-56-53-50-47-44-42-40-37-30-28-26-23-20-17-14-11-8-5-2/h7-8,10-11,16-21,25-28,31-32,34-35,37-40,65H,4-6,9,12-15,22-24,29-30,33,36,41-64H2,1-3H3/b10-7-,11-8-,19-16-,20-17-,21-18-,27-25-,28-26-,32-31-,35-34-,39-38-,40-37-. The van der Waals surface area contributed by atoms with Crippen LogP contribution < -0.4 is 0 Å². The summed E-state index contributed by atoms with van der Waals surface area (Å²) in [6.07, 6.45) is 85.8. The highest BCUT2D eigenvalue weighted by Crippen LogP contribution is 2.14. The first-order valence-corrected chi connectivity index (χ1v) is 30.2. The van der Waals surface area contributed by atoms with E-state index < -0.39 is 6.10 Å². The zero-order valence-electron chi connectivity index (χ0n) is 47.8. The van der Waals surface area contributed by atoms with E-state index in [9.17, 15) is 14.4 Å². The Morgan fingerprint density at radius 3 is 0.838 bits per heavy atom. The molecule has 1 unspecified atom stereocenters. The van der Waals surface area contributed by atoms with Gasteiger partial charge in [0, 0.05) is 19.3 Å². The van der Waals surface area contributed by atoms with E-state index in [-0.39, 0.29) is 31.1 Å². The molecular weight excluding hydrogens is 913 g/mol. The molecule has 0 radical (unpaired) electrons. The third-order valence-electron chi connectivity index (χ3n) is 12.4. The van der Waals surface area contributed by atoms with Gasteiger partial charge in [-0.25, -0.2) is 0 Å². The first kappa shape index (κ1) is 69.5. The molecule has 0 aromatic rings. The number of ether oxygens (including phenoxy) is 3. The predicted octanol–water partition coefficient (Wildman–Crippen LogP) is 20.6. The molecule has 74 heavy (non-hydrogen) atoms. The van der Waals surface area contributed by atoms with Gasteiger partial charge in [0.15, 0.2) is 6.10 Å². The summed E-state index contributed by atoms with van der Waals surface area (Å²) in [6, 6.07) is 0. The average Bonchev–Trinajstić information content (AvgIpc) is 3.40. The molecule has 0 N–H and O–H groups in total. The largest absolute Gasteiger partial charge is 0.462 e. The summed E-state index contributed by atoms with van der Waals surface area (Å²) in [5, 5.41) is 0. The van der Waals surface area contributed by atoms with E-state index in [0.29, 0.717) is 19.3 Å². The summed E-state index contributed by atoms with van der Waals surface area (Å²) in [6.45, 7) is 6.35. The molecule has 1 atom stereocenters. The number of rotatable bonds is 53. The summed E-state index contributed by atoms with van der Waals surface area (Å²) in [5.41, 5.74) is 0. The molecule has 0 rings (SSSR count). The summed E-state index contributed by atoms with van der Waals surface area (Å²) in [4.78, 5) is 38.2. The van der Waals surface area contributed by atoms with Crippen molar-refractivity contribution in [1.82, 2.24) is 0 Å². The minimum Gasteiger partial charge on any atom is -0.462 e. The molecule has 0 saturated carbocycles. The van der Waals surface area contributed by atoms with Crippen LogP contribution >= 0.6 is 0 Å². The van der Waals surface area contributed by atoms with Crippen LogP contribution in [0.5, 0.6) is 0 Å². The highest BCUT2D eigenvalue weighted by molar-refractivity contribution is 5.71. The Labute approximate surface area is 455 Å². The molecule has 0 spiro atoms. The fraction of sp³-hybridized carbons (Fsp3) is 0.632. The molecule has 418 valence electrons. The van der Waals surface area contributed by atoms with Gasteiger partial charge >= 0.3 is 17.9 Å². The van der Waals surface area contributed by atoms with E-state index in [1.54, 1.807) is 0 Å². The normalized spacial score (nSPS) is 13.1. The highest BCUT2D eigenvalue weighted by atomic mass is 16.6. The van der Waals surface area contributed by atoms with E-state index in [1.807, 2.05) is 0 Å². The molecule has 0 aliphatic heterocycles. The van der Waals surface area contributed by atoms with Gasteiger partial charge < -0.3 is 14.2 Å². The van der Waals surface area contributed by atoms with Crippen LogP contribution in [-0.4, -0.2) is 37.2 Å². The van der Waals surface area contributed by atoms with Gasteiger partial charge in [0.05, 0.1) is 0 Å². The average molecular weight is 1020 g/mol. The lowest BCUT2D eigenvalue weighted by Gasteiger charge is -2.18. The number of hydrogen-bond acceptors (Lipinski definition) is 6. The second-order valence-corrected chi connectivity index (χ2v) is 19.5. The van der Waals surface area contributed by atoms with Gasteiger partial charge in [-0.2, -0.15) is 0 Å². The van der Waals surface area contributed by atoms with Crippen LogP contribution in [0.2, 0.25) is 0 Å². The molecule has 6 heteroatoms. The zero-order chi connectivity index (χ0) is 53.6. The van der Waals surface area contributed by atoms with Crippen LogP contribution in [0.15, 0.2) is 134 Å². The van der Waals surface area contributed by atoms with Gasteiger partial charge in [-0.05, 0) is 135 Å². The van der Waals surface area contributed by atoms with Crippen LogP contribution in [0.1, 0.15) is 258 Å². The van der Waals surface area contributed by atoms with Gasteiger partial charge in [-0.3, -0.25) is 14.4 Å². The van der Waals surface area contributed by atoms with Crippen molar-refractivity contribution in [1.29, 1.82) is 0 Å². The van der Waals surface area contributed by atoms with Crippen molar-refractivity contribution in [3.05, 3.63) is 134 Å². The van der Waals surface area contributed by atoms with Crippen molar-refractivity contribution in [3.8, 4) is 0 Å². The molecule has 0 aliphatic carbocycles. The molecule has 0 heterocycles. The van der Waals surface area contributed by atoms with Crippen LogP contribution in [0.4, 0.5) is 0 Å². The van der Waals surface area contributed by atoms with Gasteiger partial charge in [-0.1, -0.05) is 238 Å². The first-order chi connectivity index (χ1) is 36.5. The third-order valence-corrected chi connectivity index (χ3v) is 12.4. The quantitative estimate of drug-likeness (QED) is 0.0261. The molecule has 0 aromatic heterocycles. The maximum absolute atomic E-state index is 12.9. The molecule has 0 aliphatic rings. The van der Waals surface area contributed by atoms with Crippen molar-refractivity contribution in [3.63, 3.8) is 0 Å². The minimum atomic E-state index is -0.801. The number of allylic oxidation sites excluding steroid dienone is 22. The second-order valence-electron chi connectivity index (χ2n) is 19.5. The van der Waals surface area contributed by atoms with Crippen LogP contribution in [-0.2, 0) is 28.6 Å². The lowest BCUT2D eigenvalue weighted by molar-refractivity contribution is -0.167. The van der Waals surface area contributed by atoms with Crippen molar-refractivity contribution in [2.75, 3.05) is 13.2 Å². The molecule has 0 amide bonds. The van der Waals surface area contributed by atoms with E-state index in [1.165, 1.54) is 57.8 Å². The Morgan fingerprint density at radius 2 is 0.527 bits per heavy atom. The SMILES string of the molecule is CC/C=C\C/C=C\C/C=C\C/C=C\C/C=C\C/C=C\CCCCCCCCC(=O)OCC(COC(=O)CCCCCCC/C=C\CCCCC)OC(=O)CCCCCCCC/C=C\C/C=C\C/C=C\C/C=C\CC. The molecular formula is C68H110O6. The lowest BCUT2D eigenvalue weighted by Crippen LogP contribution is -2.30. The maximum atomic E-state index is 12.9. The highest BCUT2D eigenvalue weighted by Gasteiger charge is 2.19. The number of esters is 3. The summed E-state index contributed by atoms with van der Waals surface area (Å²) in [5.74, 6) is -0.936. The van der Waals surface area contributed by atoms with Crippen molar-refractivity contribution in [2.45, 2.75) is 264 Å². The minimum absolute atomic E-state index is 0.0969. The maximum Gasteiger partial charge on any atom is 0.306 e. The van der Waals surface area contributed by atoms with E-state index >= 15 is 0 Å². The van der Waals surface area contributed by atoms with E-state index in [4.69, 9.17) is 14.2 Å². The monoisotopic (exact) mass is 1020 g/mol. The van der Waals surface area contributed by atoms with Gasteiger partial charge in [0.1, 0.15) is 13.2 Å². The molecule has 0 aromatic carbocycles. The Morgan fingerprint density at radius 1 is 0.284 bits per heavy atom. The molecule has 6 nitrogen and oxygen atoms in total. The second kappa shape index (κ2) is 61.1. The summed E-state index contributed by atoms with van der Waals surface area (Å²) < 4.78 is 16.9. The topological polar surface area (TPSA) is 78.9 Å². The van der Waals surface area contributed by atoms with Crippen molar-refractivity contribution >= 4 is 17.9 Å². The molecule has 0 fully saturated rings. The van der Waals surface area contributed by atoms with Crippen LogP contribution in [0, 0.1) is 0 Å². The number of hydrogen-bond donors (Lipinski definition) is 0. The Balaban J connectivity index is 4.41. The summed E-state index contributed by atoms with van der Waals surface area (Å²) in [7, 11) is 0. The Hall–Kier alpha value is -4.45. The van der Waals surface area contributed by atoms with Crippen molar-refractivity contribution < 1.29 is 28.6 Å². The first-order valence-electron chi connectivity index (χ1n) is 30.2. The van der Waals surface area contributed by atoms with Gasteiger partial charge in [0.25, 0.3) is 0 Å². The lowest BCUT2D eigenvalue weighted by atomic mass is 10.1. The fourth-order valence-corrected chi connectivity index (χ4v) is 7.90. The van der Waals surface area contributed by atoms with E-state index in [0.717, 1.165) is 161 Å². The number of carbonyl (C=O) groups excluding carboxylic acids is 3. The summed E-state index contributed by atoms with van der Waals surface area (Å²) >= 11 is 0. The van der Waals surface area contributed by atoms with E-state index in [2.05, 4.69) is 154 Å². The van der Waals surface area contributed by atoms with Gasteiger partial charge in [-0.15, -0.1) is 0 Å².